The molecule has 13 heteroatoms. The Balaban J connectivity index is 1.47. The van der Waals surface area contributed by atoms with Gasteiger partial charge in [-0.15, -0.1) is 0 Å². The molecule has 1 heterocycles. The van der Waals surface area contributed by atoms with Crippen LogP contribution in [-0.4, -0.2) is 50.0 Å². The van der Waals surface area contributed by atoms with Crippen LogP contribution < -0.4 is 14.4 Å². The highest BCUT2D eigenvalue weighted by Gasteiger charge is 2.53. The summed E-state index contributed by atoms with van der Waals surface area (Å²) in [6, 6.07) is 10.6. The number of sulfonamides is 1. The van der Waals surface area contributed by atoms with E-state index in [1.807, 2.05) is 6.07 Å². The molecule has 40 heavy (non-hydrogen) atoms. The van der Waals surface area contributed by atoms with E-state index < -0.39 is 45.4 Å². The van der Waals surface area contributed by atoms with Crippen molar-refractivity contribution in [3.05, 3.63) is 48.0 Å². The van der Waals surface area contributed by atoms with Gasteiger partial charge in [0.05, 0.1) is 22.5 Å². The summed E-state index contributed by atoms with van der Waals surface area (Å²) >= 11 is 0. The van der Waals surface area contributed by atoms with Crippen LogP contribution in [0.5, 0.6) is 5.75 Å². The van der Waals surface area contributed by atoms with E-state index in [0.717, 1.165) is 22.7 Å². The topological polar surface area (TPSA) is 122 Å². The van der Waals surface area contributed by atoms with Crippen LogP contribution in [0.1, 0.15) is 57.4 Å². The van der Waals surface area contributed by atoms with Crippen LogP contribution in [0.2, 0.25) is 0 Å². The average Bonchev–Trinajstić information content (AvgIpc) is 3.78. The molecule has 9 nitrogen and oxygen atoms in total. The Kier molecular flexibility index (Phi) is 6.71. The number of benzene rings is 2. The molecule has 0 saturated heterocycles. The molecular formula is C27H29F3N2O7S. The van der Waals surface area contributed by atoms with Crippen molar-refractivity contribution in [2.45, 2.75) is 74.6 Å². The van der Waals surface area contributed by atoms with Crippen molar-refractivity contribution >= 4 is 33.5 Å². The summed E-state index contributed by atoms with van der Waals surface area (Å²) in [7, 11) is -4.17. The van der Waals surface area contributed by atoms with Gasteiger partial charge in [-0.2, -0.15) is 13.2 Å². The van der Waals surface area contributed by atoms with Crippen LogP contribution >= 0.6 is 0 Å². The van der Waals surface area contributed by atoms with Crippen molar-refractivity contribution < 1.29 is 45.8 Å². The number of fused-ring (bicyclic) bond motifs is 1. The molecule has 1 aliphatic heterocycles. The van der Waals surface area contributed by atoms with Crippen molar-refractivity contribution in [2.75, 3.05) is 16.2 Å². The number of halogens is 3. The monoisotopic (exact) mass is 582 g/mol. The molecule has 2 aromatic rings. The molecule has 1 atom stereocenters. The summed E-state index contributed by atoms with van der Waals surface area (Å²) in [4.78, 5) is 24.1. The molecule has 2 aliphatic carbocycles. The first-order chi connectivity index (χ1) is 18.6. The zero-order chi connectivity index (χ0) is 29.1. The summed E-state index contributed by atoms with van der Waals surface area (Å²) in [6.07, 6.45) is -3.97. The molecule has 5 rings (SSSR count). The minimum Gasteiger partial charge on any atom is -0.486 e. The number of carbonyl (C=O) groups is 2. The van der Waals surface area contributed by atoms with E-state index in [-0.39, 0.29) is 35.0 Å². The number of hydrogen-bond acceptors (Lipinski definition) is 6. The zero-order valence-corrected chi connectivity index (χ0v) is 22.6. The smallest absolute Gasteiger partial charge is 0.427 e. The van der Waals surface area contributed by atoms with Gasteiger partial charge in [0.1, 0.15) is 11.9 Å². The molecule has 3 aliphatic rings. The number of carbonyl (C=O) groups excluding carboxylic acids is 1. The molecule has 2 aromatic carbocycles. The Morgan fingerprint density at radius 1 is 1.15 bits per heavy atom. The van der Waals surface area contributed by atoms with Gasteiger partial charge in [-0.05, 0) is 81.3 Å². The van der Waals surface area contributed by atoms with E-state index in [9.17, 15) is 36.3 Å². The summed E-state index contributed by atoms with van der Waals surface area (Å²) < 4.78 is 79.1. The van der Waals surface area contributed by atoms with Crippen LogP contribution in [-0.2, 0) is 19.6 Å². The number of nitrogens with one attached hydrogen (secondary N) is 1. The first-order valence-electron chi connectivity index (χ1n) is 12.8. The number of rotatable bonds is 8. The molecule has 216 valence electrons. The maximum atomic E-state index is 14.0. The number of carboxylic acids is 1. The summed E-state index contributed by atoms with van der Waals surface area (Å²) in [5.41, 5.74) is -2.78. The Labute approximate surface area is 229 Å². The van der Waals surface area contributed by atoms with Crippen LogP contribution in [0, 0.1) is 5.41 Å². The van der Waals surface area contributed by atoms with E-state index in [2.05, 4.69) is 10.1 Å². The fraction of sp³-hybridized carbons (Fsp3) is 0.481. The SMILES string of the molecule is CC(C)(OC(=O)Nc1ccc2c(c1)N(S(=O)(=O)c1cccc(C3CC3)c1)CC(CC1(C(=O)O)CC1)O2)C(F)(F)F. The molecule has 2 fully saturated rings. The van der Waals surface area contributed by atoms with E-state index in [0.29, 0.717) is 32.6 Å². The molecule has 0 radical (unpaired) electrons. The van der Waals surface area contributed by atoms with Gasteiger partial charge < -0.3 is 14.6 Å². The van der Waals surface area contributed by atoms with Crippen molar-refractivity contribution in [3.63, 3.8) is 0 Å². The van der Waals surface area contributed by atoms with Gasteiger partial charge in [-0.1, -0.05) is 12.1 Å². The largest absolute Gasteiger partial charge is 0.486 e. The lowest BCUT2D eigenvalue weighted by molar-refractivity contribution is -0.242. The van der Waals surface area contributed by atoms with Crippen molar-refractivity contribution in [1.29, 1.82) is 0 Å². The molecule has 0 aromatic heterocycles. The highest BCUT2D eigenvalue weighted by Crippen LogP contribution is 2.52. The van der Waals surface area contributed by atoms with Gasteiger partial charge in [-0.25, -0.2) is 13.2 Å². The first-order valence-corrected chi connectivity index (χ1v) is 14.3. The standard InChI is InChI=1S/C27H29F3N2O7S/c1-25(2,27(28,29)30)39-24(35)31-18-8-9-22-21(13-18)32(15-19(38-22)14-26(10-11-26)23(33)34)40(36,37)20-5-3-4-17(12-20)16-6-7-16/h3-5,8-9,12-13,16,19H,6-7,10-11,14-15H2,1-2H3,(H,31,35)(H,33,34). The Bertz CT molecular complexity index is 1450. The number of alkyl halides is 3. The second-order valence-electron chi connectivity index (χ2n) is 11.1. The Morgan fingerprint density at radius 2 is 1.85 bits per heavy atom. The second-order valence-corrected chi connectivity index (χ2v) is 13.0. The van der Waals surface area contributed by atoms with Gasteiger partial charge in [0.15, 0.2) is 0 Å². The fourth-order valence-corrected chi connectivity index (χ4v) is 6.28. The molecule has 1 amide bonds. The number of nitrogens with zero attached hydrogens (tertiary/aromatic N) is 1. The van der Waals surface area contributed by atoms with Gasteiger partial charge in [0.2, 0.25) is 5.60 Å². The number of anilines is 2. The average molecular weight is 583 g/mol. The number of aliphatic carboxylic acids is 1. The highest BCUT2D eigenvalue weighted by atomic mass is 32.2. The van der Waals surface area contributed by atoms with Crippen molar-refractivity contribution in [3.8, 4) is 5.75 Å². The molecular weight excluding hydrogens is 553 g/mol. The van der Waals surface area contributed by atoms with E-state index in [1.54, 1.807) is 12.1 Å². The predicted molar refractivity (Wildman–Crippen MR) is 138 cm³/mol. The van der Waals surface area contributed by atoms with Crippen molar-refractivity contribution in [2.24, 2.45) is 5.41 Å². The van der Waals surface area contributed by atoms with E-state index in [4.69, 9.17) is 4.74 Å². The number of amides is 1. The van der Waals surface area contributed by atoms with Crippen molar-refractivity contribution in [1.82, 2.24) is 0 Å². The van der Waals surface area contributed by atoms with Crippen LogP contribution in [0.4, 0.5) is 29.3 Å². The molecule has 0 bridgehead atoms. The number of carboxylic acid groups (broad SMARTS) is 1. The zero-order valence-electron chi connectivity index (χ0n) is 21.8. The third kappa shape index (κ3) is 5.43. The minimum atomic E-state index is -4.81. The van der Waals surface area contributed by atoms with Crippen LogP contribution in [0.3, 0.4) is 0 Å². The third-order valence-corrected chi connectivity index (χ3v) is 9.36. The number of ether oxygens (including phenoxy) is 2. The Hall–Kier alpha value is -3.48. The molecule has 2 N–H and O–H groups in total. The molecule has 2 saturated carbocycles. The predicted octanol–water partition coefficient (Wildman–Crippen LogP) is 5.66. The molecule has 1 unspecified atom stereocenters. The Morgan fingerprint density at radius 3 is 2.45 bits per heavy atom. The first kappa shape index (κ1) is 28.1. The van der Waals surface area contributed by atoms with E-state index in [1.165, 1.54) is 24.3 Å². The maximum absolute atomic E-state index is 14.0. The lowest BCUT2D eigenvalue weighted by Crippen LogP contribution is -2.45. The van der Waals surface area contributed by atoms with Gasteiger partial charge in [0, 0.05) is 12.1 Å². The minimum absolute atomic E-state index is 0.0140. The maximum Gasteiger partial charge on any atom is 0.427 e. The lowest BCUT2D eigenvalue weighted by Gasteiger charge is -2.36. The lowest BCUT2D eigenvalue weighted by atomic mass is 9.97. The fourth-order valence-electron chi connectivity index (χ4n) is 4.72. The number of hydrogen-bond donors (Lipinski definition) is 2. The van der Waals surface area contributed by atoms with Gasteiger partial charge >= 0.3 is 18.2 Å². The summed E-state index contributed by atoms with van der Waals surface area (Å²) in [6.45, 7) is 1.23. The quantitative estimate of drug-likeness (QED) is 0.412. The van der Waals surface area contributed by atoms with E-state index >= 15 is 0 Å². The second kappa shape index (κ2) is 9.57. The normalized spacial score (nSPS) is 20.2. The van der Waals surface area contributed by atoms with Gasteiger partial charge in [-0.3, -0.25) is 14.4 Å². The molecule has 0 spiro atoms. The summed E-state index contributed by atoms with van der Waals surface area (Å²) in [5, 5.41) is 11.9. The third-order valence-electron chi connectivity index (χ3n) is 7.59. The highest BCUT2D eigenvalue weighted by molar-refractivity contribution is 7.92. The summed E-state index contributed by atoms with van der Waals surface area (Å²) in [5.74, 6) is -0.532. The van der Waals surface area contributed by atoms with Crippen LogP contribution in [0.15, 0.2) is 47.4 Å². The van der Waals surface area contributed by atoms with Gasteiger partial charge in [0.25, 0.3) is 10.0 Å². The van der Waals surface area contributed by atoms with Crippen LogP contribution in [0.25, 0.3) is 0 Å².